The molecule has 0 atom stereocenters. The van der Waals surface area contributed by atoms with Crippen molar-refractivity contribution >= 4 is 11.9 Å². The maximum atomic E-state index is 12.8. The number of hydrogen-bond donors (Lipinski definition) is 0. The molecule has 4 nitrogen and oxygen atoms in total. The summed E-state index contributed by atoms with van der Waals surface area (Å²) >= 11 is 0. The van der Waals surface area contributed by atoms with E-state index in [0.29, 0.717) is 22.3 Å². The Balaban J connectivity index is 2.32. The van der Waals surface area contributed by atoms with Gasteiger partial charge in [0, 0.05) is 0 Å². The highest BCUT2D eigenvalue weighted by Gasteiger charge is 2.23. The highest BCUT2D eigenvalue weighted by Crippen LogP contribution is 2.35. The molecule has 148 valence electrons. The molecular weight excluding hydrogens is 364 g/mol. The summed E-state index contributed by atoms with van der Waals surface area (Å²) in [6, 6.07) is 20.7. The highest BCUT2D eigenvalue weighted by molar-refractivity contribution is 6.05. The van der Waals surface area contributed by atoms with Crippen LogP contribution in [0.25, 0.3) is 22.3 Å². The van der Waals surface area contributed by atoms with Gasteiger partial charge in [0.25, 0.3) is 0 Å². The number of esters is 2. The van der Waals surface area contributed by atoms with E-state index in [2.05, 4.69) is 0 Å². The first-order valence-corrected chi connectivity index (χ1v) is 9.70. The van der Waals surface area contributed by atoms with Crippen molar-refractivity contribution in [2.24, 2.45) is 0 Å². The van der Waals surface area contributed by atoms with Gasteiger partial charge in [0.05, 0.1) is 24.3 Å². The summed E-state index contributed by atoms with van der Waals surface area (Å²) in [5, 5.41) is 0. The fourth-order valence-electron chi connectivity index (χ4n) is 3.31. The topological polar surface area (TPSA) is 52.6 Å². The van der Waals surface area contributed by atoms with Gasteiger partial charge in [0.15, 0.2) is 0 Å². The van der Waals surface area contributed by atoms with Crippen molar-refractivity contribution in [2.45, 2.75) is 20.8 Å². The number of carbonyl (C=O) groups excluding carboxylic acids is 2. The molecule has 0 bridgehead atoms. The van der Waals surface area contributed by atoms with Gasteiger partial charge in [-0.15, -0.1) is 0 Å². The van der Waals surface area contributed by atoms with Crippen molar-refractivity contribution in [3.8, 4) is 22.3 Å². The summed E-state index contributed by atoms with van der Waals surface area (Å²) < 4.78 is 10.6. The first kappa shape index (κ1) is 20.3. The number of ether oxygens (including phenoxy) is 2. The molecule has 0 unspecified atom stereocenters. The SMILES string of the molecule is CCOC(=O)c1cc(-c2ccccc2C)c(C(=O)OCC)cc1-c1ccccc1. The van der Waals surface area contributed by atoms with Crippen LogP contribution >= 0.6 is 0 Å². The Hall–Kier alpha value is -3.40. The smallest absolute Gasteiger partial charge is 0.338 e. The Labute approximate surface area is 171 Å². The lowest BCUT2D eigenvalue weighted by Gasteiger charge is -2.17. The molecule has 0 fully saturated rings. The van der Waals surface area contributed by atoms with Crippen molar-refractivity contribution in [3.05, 3.63) is 83.4 Å². The summed E-state index contributed by atoms with van der Waals surface area (Å²) in [6.07, 6.45) is 0. The van der Waals surface area contributed by atoms with Crippen molar-refractivity contribution < 1.29 is 19.1 Å². The Kier molecular flexibility index (Phi) is 6.45. The Morgan fingerprint density at radius 1 is 0.690 bits per heavy atom. The van der Waals surface area contributed by atoms with Gasteiger partial charge in [-0.1, -0.05) is 54.6 Å². The molecule has 0 heterocycles. The summed E-state index contributed by atoms with van der Waals surface area (Å²) in [5.74, 6) is -0.838. The monoisotopic (exact) mass is 388 g/mol. The second-order valence-corrected chi connectivity index (χ2v) is 6.57. The second kappa shape index (κ2) is 9.20. The van der Waals surface area contributed by atoms with Gasteiger partial charge >= 0.3 is 11.9 Å². The third-order valence-corrected chi connectivity index (χ3v) is 4.67. The number of benzene rings is 3. The number of rotatable bonds is 6. The van der Waals surface area contributed by atoms with E-state index in [9.17, 15) is 9.59 Å². The molecule has 3 aromatic carbocycles. The largest absolute Gasteiger partial charge is 0.462 e. The van der Waals surface area contributed by atoms with Crippen molar-refractivity contribution in [2.75, 3.05) is 13.2 Å². The third kappa shape index (κ3) is 4.37. The number of aryl methyl sites for hydroxylation is 1. The molecule has 0 aliphatic rings. The molecule has 0 saturated heterocycles. The molecule has 0 spiro atoms. The zero-order chi connectivity index (χ0) is 20.8. The third-order valence-electron chi connectivity index (χ3n) is 4.67. The van der Waals surface area contributed by atoms with E-state index in [1.807, 2.05) is 61.5 Å². The second-order valence-electron chi connectivity index (χ2n) is 6.57. The van der Waals surface area contributed by atoms with E-state index < -0.39 is 11.9 Å². The van der Waals surface area contributed by atoms with Crippen LogP contribution in [0.5, 0.6) is 0 Å². The normalized spacial score (nSPS) is 10.4. The molecule has 0 aliphatic carbocycles. The molecule has 4 heteroatoms. The van der Waals surface area contributed by atoms with Crippen LogP contribution in [0.15, 0.2) is 66.7 Å². The van der Waals surface area contributed by atoms with E-state index in [1.54, 1.807) is 26.0 Å². The summed E-state index contributed by atoms with van der Waals surface area (Å²) in [7, 11) is 0. The van der Waals surface area contributed by atoms with Crippen LogP contribution in [0.3, 0.4) is 0 Å². The minimum atomic E-state index is -0.420. The van der Waals surface area contributed by atoms with Crippen LogP contribution in [0.4, 0.5) is 0 Å². The molecule has 0 amide bonds. The van der Waals surface area contributed by atoms with Gasteiger partial charge in [0.2, 0.25) is 0 Å². The predicted octanol–water partition coefficient (Wildman–Crippen LogP) is 5.68. The van der Waals surface area contributed by atoms with E-state index in [-0.39, 0.29) is 13.2 Å². The van der Waals surface area contributed by atoms with Crippen molar-refractivity contribution in [3.63, 3.8) is 0 Å². The zero-order valence-electron chi connectivity index (χ0n) is 16.9. The molecule has 3 aromatic rings. The average Bonchev–Trinajstić information content (AvgIpc) is 2.74. The number of carbonyl (C=O) groups is 2. The van der Waals surface area contributed by atoms with Gasteiger partial charge in [0.1, 0.15) is 0 Å². The number of hydrogen-bond acceptors (Lipinski definition) is 4. The zero-order valence-corrected chi connectivity index (χ0v) is 16.9. The fourth-order valence-corrected chi connectivity index (χ4v) is 3.31. The fraction of sp³-hybridized carbons (Fsp3) is 0.200. The molecular formula is C25H24O4. The van der Waals surface area contributed by atoms with E-state index in [0.717, 1.165) is 16.7 Å². The lowest BCUT2D eigenvalue weighted by Crippen LogP contribution is -2.12. The molecule has 0 radical (unpaired) electrons. The lowest BCUT2D eigenvalue weighted by atomic mass is 9.89. The van der Waals surface area contributed by atoms with Gasteiger partial charge in [-0.2, -0.15) is 0 Å². The van der Waals surface area contributed by atoms with Crippen LogP contribution in [-0.2, 0) is 9.47 Å². The minimum absolute atomic E-state index is 0.270. The van der Waals surface area contributed by atoms with E-state index in [4.69, 9.17) is 9.47 Å². The molecule has 0 aromatic heterocycles. The summed E-state index contributed by atoms with van der Waals surface area (Å²) in [6.45, 7) is 6.06. The molecule has 0 saturated carbocycles. The quantitative estimate of drug-likeness (QED) is 0.510. The average molecular weight is 388 g/mol. The molecule has 29 heavy (non-hydrogen) atoms. The standard InChI is InChI=1S/C25H24O4/c1-4-28-24(26)22-16-21(19-14-10-9-11-17(19)3)23(25(27)29-5-2)15-20(22)18-12-7-6-8-13-18/h6-16H,4-5H2,1-3H3. The molecule has 0 aliphatic heterocycles. The van der Waals surface area contributed by atoms with E-state index >= 15 is 0 Å². The first-order chi connectivity index (χ1) is 14.1. The maximum absolute atomic E-state index is 12.8. The molecule has 3 rings (SSSR count). The van der Waals surface area contributed by atoms with Gasteiger partial charge in [-0.25, -0.2) is 9.59 Å². The van der Waals surface area contributed by atoms with Crippen LogP contribution < -0.4 is 0 Å². The molecule has 0 N–H and O–H groups in total. The Bertz CT molecular complexity index is 1020. The van der Waals surface area contributed by atoms with Crippen LogP contribution in [0.2, 0.25) is 0 Å². The van der Waals surface area contributed by atoms with Crippen LogP contribution in [0.1, 0.15) is 40.1 Å². The first-order valence-electron chi connectivity index (χ1n) is 9.70. The van der Waals surface area contributed by atoms with Crippen molar-refractivity contribution in [1.29, 1.82) is 0 Å². The van der Waals surface area contributed by atoms with Gasteiger partial charge in [-0.05, 0) is 60.7 Å². The van der Waals surface area contributed by atoms with E-state index in [1.165, 1.54) is 0 Å². The van der Waals surface area contributed by atoms with Crippen molar-refractivity contribution in [1.82, 2.24) is 0 Å². The lowest BCUT2D eigenvalue weighted by molar-refractivity contribution is 0.0513. The van der Waals surface area contributed by atoms with Crippen LogP contribution in [0, 0.1) is 6.92 Å². The van der Waals surface area contributed by atoms with Gasteiger partial charge < -0.3 is 9.47 Å². The van der Waals surface area contributed by atoms with Crippen LogP contribution in [-0.4, -0.2) is 25.2 Å². The van der Waals surface area contributed by atoms with Gasteiger partial charge in [-0.3, -0.25) is 0 Å². The predicted molar refractivity (Wildman–Crippen MR) is 114 cm³/mol. The summed E-state index contributed by atoms with van der Waals surface area (Å²) in [4.78, 5) is 25.6. The minimum Gasteiger partial charge on any atom is -0.462 e. The highest BCUT2D eigenvalue weighted by atomic mass is 16.5. The summed E-state index contributed by atoms with van der Waals surface area (Å²) in [5.41, 5.74) is 4.85. The Morgan fingerprint density at radius 3 is 1.79 bits per heavy atom. The Morgan fingerprint density at radius 2 is 1.21 bits per heavy atom. The maximum Gasteiger partial charge on any atom is 0.338 e.